The zero-order chi connectivity index (χ0) is 8.97. The number of carboxylic acid groups (broad SMARTS) is 1. The van der Waals surface area contributed by atoms with Crippen LogP contribution in [0.2, 0.25) is 0 Å². The molecular weight excluding hydrogens is 190 g/mol. The Balaban J connectivity index is 0.00000144. The quantitative estimate of drug-likeness (QED) is 0.740. The predicted octanol–water partition coefficient (Wildman–Crippen LogP) is 1.65. The number of hydrogen-bond acceptors (Lipinski definition) is 2. The maximum Gasteiger partial charge on any atom is 0.306 e. The van der Waals surface area contributed by atoms with Gasteiger partial charge in [0.15, 0.2) is 0 Å². The molecule has 13 heavy (non-hydrogen) atoms. The smallest absolute Gasteiger partial charge is 0.306 e. The normalized spacial score (nSPS) is 27.8. The van der Waals surface area contributed by atoms with Crippen molar-refractivity contribution in [3.8, 4) is 0 Å². The topological polar surface area (TPSA) is 63.3 Å². The molecule has 3 N–H and O–H groups in total. The molecule has 3 nitrogen and oxygen atoms in total. The van der Waals surface area contributed by atoms with Gasteiger partial charge >= 0.3 is 5.97 Å². The lowest BCUT2D eigenvalue weighted by molar-refractivity contribution is -0.143. The summed E-state index contributed by atoms with van der Waals surface area (Å²) < 4.78 is 0. The molecule has 4 heteroatoms. The van der Waals surface area contributed by atoms with Crippen LogP contribution in [-0.2, 0) is 4.79 Å². The molecule has 0 aromatic carbocycles. The summed E-state index contributed by atoms with van der Waals surface area (Å²) in [4.78, 5) is 10.6. The molecule has 1 fully saturated rings. The minimum Gasteiger partial charge on any atom is -0.481 e. The molecule has 0 saturated heterocycles. The molecule has 78 valence electrons. The van der Waals surface area contributed by atoms with Gasteiger partial charge in [0.1, 0.15) is 0 Å². The molecule has 0 atom stereocenters. The summed E-state index contributed by atoms with van der Waals surface area (Å²) in [7, 11) is 0. The van der Waals surface area contributed by atoms with Crippen molar-refractivity contribution in [2.45, 2.75) is 32.1 Å². The largest absolute Gasteiger partial charge is 0.481 e. The molecule has 0 bridgehead atoms. The molecule has 1 aliphatic rings. The monoisotopic (exact) mass is 207 g/mol. The molecular formula is C9H18ClNO2. The Labute approximate surface area is 85.1 Å². The van der Waals surface area contributed by atoms with Gasteiger partial charge in [0.05, 0.1) is 5.92 Å². The van der Waals surface area contributed by atoms with Crippen molar-refractivity contribution >= 4 is 18.4 Å². The third-order valence-electron chi connectivity index (χ3n) is 2.77. The van der Waals surface area contributed by atoms with E-state index in [9.17, 15) is 4.79 Å². The summed E-state index contributed by atoms with van der Waals surface area (Å²) in [5.74, 6) is -0.0224. The van der Waals surface area contributed by atoms with Crippen molar-refractivity contribution < 1.29 is 9.90 Å². The molecule has 1 rings (SSSR count). The number of nitrogens with two attached hydrogens (primary N) is 1. The molecule has 0 amide bonds. The second-order valence-electron chi connectivity index (χ2n) is 3.63. The van der Waals surface area contributed by atoms with Crippen LogP contribution in [0.3, 0.4) is 0 Å². The number of halogens is 1. The van der Waals surface area contributed by atoms with E-state index in [0.29, 0.717) is 5.92 Å². The minimum atomic E-state index is -0.624. The van der Waals surface area contributed by atoms with E-state index in [1.54, 1.807) is 0 Å². The van der Waals surface area contributed by atoms with E-state index in [2.05, 4.69) is 0 Å². The van der Waals surface area contributed by atoms with Gasteiger partial charge in [-0.25, -0.2) is 0 Å². The molecule has 0 radical (unpaired) electrons. The van der Waals surface area contributed by atoms with Crippen molar-refractivity contribution in [3.63, 3.8) is 0 Å². The van der Waals surface area contributed by atoms with Crippen LogP contribution >= 0.6 is 12.4 Å². The molecule has 0 aromatic rings. The van der Waals surface area contributed by atoms with Crippen molar-refractivity contribution in [2.24, 2.45) is 17.6 Å². The summed E-state index contributed by atoms with van der Waals surface area (Å²) in [6.07, 6.45) is 4.86. The number of rotatable bonds is 3. The molecule has 0 heterocycles. The van der Waals surface area contributed by atoms with Crippen LogP contribution < -0.4 is 5.73 Å². The number of carboxylic acids is 1. The highest BCUT2D eigenvalue weighted by Gasteiger charge is 2.24. The Hall–Kier alpha value is -0.280. The summed E-state index contributed by atoms with van der Waals surface area (Å²) in [5.41, 5.74) is 5.44. The average molecular weight is 208 g/mol. The first-order valence-corrected chi connectivity index (χ1v) is 4.67. The second kappa shape index (κ2) is 6.22. The van der Waals surface area contributed by atoms with Crippen molar-refractivity contribution in [1.29, 1.82) is 0 Å². The number of hydrogen-bond donors (Lipinski definition) is 2. The Bertz CT molecular complexity index is 156. The van der Waals surface area contributed by atoms with Crippen LogP contribution in [0.1, 0.15) is 32.1 Å². The van der Waals surface area contributed by atoms with E-state index in [4.69, 9.17) is 10.8 Å². The fraction of sp³-hybridized carbons (Fsp3) is 0.889. The first-order valence-electron chi connectivity index (χ1n) is 4.67. The van der Waals surface area contributed by atoms with Gasteiger partial charge < -0.3 is 10.8 Å². The minimum absolute atomic E-state index is 0. The fourth-order valence-corrected chi connectivity index (χ4v) is 1.93. The SMILES string of the molecule is Cl.NCC[C@H]1CC[C@@H](C(=O)O)CC1. The molecule has 0 unspecified atom stereocenters. The van der Waals surface area contributed by atoms with E-state index in [1.807, 2.05) is 0 Å². The fourth-order valence-electron chi connectivity index (χ4n) is 1.93. The first kappa shape index (κ1) is 12.7. The zero-order valence-corrected chi connectivity index (χ0v) is 8.55. The lowest BCUT2D eigenvalue weighted by Gasteiger charge is -2.25. The third-order valence-corrected chi connectivity index (χ3v) is 2.77. The van der Waals surface area contributed by atoms with E-state index < -0.39 is 5.97 Å². The van der Waals surface area contributed by atoms with Crippen LogP contribution in [0.5, 0.6) is 0 Å². The highest BCUT2D eigenvalue weighted by molar-refractivity contribution is 5.85. The Morgan fingerprint density at radius 3 is 2.23 bits per heavy atom. The van der Waals surface area contributed by atoms with Gasteiger partial charge in [0, 0.05) is 0 Å². The Morgan fingerprint density at radius 2 is 1.85 bits per heavy atom. The molecule has 1 aliphatic carbocycles. The molecule has 1 saturated carbocycles. The van der Waals surface area contributed by atoms with Crippen molar-refractivity contribution in [2.75, 3.05) is 6.54 Å². The maximum atomic E-state index is 10.6. The first-order chi connectivity index (χ1) is 5.74. The van der Waals surface area contributed by atoms with Crippen LogP contribution in [0.4, 0.5) is 0 Å². The van der Waals surface area contributed by atoms with Crippen LogP contribution in [0.15, 0.2) is 0 Å². The second-order valence-corrected chi connectivity index (χ2v) is 3.63. The van der Waals surface area contributed by atoms with Crippen LogP contribution in [0, 0.1) is 11.8 Å². The van der Waals surface area contributed by atoms with Crippen molar-refractivity contribution in [3.05, 3.63) is 0 Å². The van der Waals surface area contributed by atoms with Crippen LogP contribution in [-0.4, -0.2) is 17.6 Å². The Kier molecular flexibility index (Phi) is 6.08. The predicted molar refractivity (Wildman–Crippen MR) is 54.0 cm³/mol. The average Bonchev–Trinajstić information content (AvgIpc) is 2.06. The molecule has 0 aromatic heterocycles. The van der Waals surface area contributed by atoms with Gasteiger partial charge in [-0.3, -0.25) is 4.79 Å². The van der Waals surface area contributed by atoms with E-state index >= 15 is 0 Å². The van der Waals surface area contributed by atoms with Gasteiger partial charge in [-0.1, -0.05) is 0 Å². The van der Waals surface area contributed by atoms with Gasteiger partial charge in [0.2, 0.25) is 0 Å². The van der Waals surface area contributed by atoms with E-state index in [0.717, 1.165) is 38.6 Å². The van der Waals surface area contributed by atoms with Gasteiger partial charge in [0.25, 0.3) is 0 Å². The Morgan fingerprint density at radius 1 is 1.31 bits per heavy atom. The van der Waals surface area contributed by atoms with E-state index in [-0.39, 0.29) is 18.3 Å². The summed E-state index contributed by atoms with van der Waals surface area (Å²) in [5, 5.41) is 8.73. The van der Waals surface area contributed by atoms with Gasteiger partial charge in [-0.05, 0) is 44.6 Å². The number of aliphatic carboxylic acids is 1. The van der Waals surface area contributed by atoms with Crippen LogP contribution in [0.25, 0.3) is 0 Å². The molecule has 0 spiro atoms. The van der Waals surface area contributed by atoms with Gasteiger partial charge in [-0.2, -0.15) is 0 Å². The lowest BCUT2D eigenvalue weighted by atomic mass is 9.81. The zero-order valence-electron chi connectivity index (χ0n) is 7.74. The number of carbonyl (C=O) groups is 1. The van der Waals surface area contributed by atoms with E-state index in [1.165, 1.54) is 0 Å². The standard InChI is InChI=1S/C9H17NO2.ClH/c10-6-5-7-1-3-8(4-2-7)9(11)12;/h7-8H,1-6,10H2,(H,11,12);1H/t7-,8+;. The summed E-state index contributed by atoms with van der Waals surface area (Å²) >= 11 is 0. The van der Waals surface area contributed by atoms with Crippen molar-refractivity contribution in [1.82, 2.24) is 0 Å². The summed E-state index contributed by atoms with van der Waals surface area (Å²) in [6.45, 7) is 0.738. The van der Waals surface area contributed by atoms with Gasteiger partial charge in [-0.15, -0.1) is 12.4 Å². The molecule has 0 aliphatic heterocycles. The highest BCUT2D eigenvalue weighted by Crippen LogP contribution is 2.30. The lowest BCUT2D eigenvalue weighted by Crippen LogP contribution is -2.22. The third kappa shape index (κ3) is 3.96. The summed E-state index contributed by atoms with van der Waals surface area (Å²) in [6, 6.07) is 0. The highest BCUT2D eigenvalue weighted by atomic mass is 35.5. The maximum absolute atomic E-state index is 10.6.